The first kappa shape index (κ1) is 12.4. The molecule has 0 saturated heterocycles. The lowest BCUT2D eigenvalue weighted by atomic mass is 9.91. The largest absolute Gasteiger partial charge is 0.370 e. The van der Waals surface area contributed by atoms with Gasteiger partial charge in [-0.1, -0.05) is 6.92 Å². The van der Waals surface area contributed by atoms with Crippen LogP contribution in [-0.2, 0) is 6.54 Å². The second kappa shape index (κ2) is 6.01. The molecule has 1 heterocycles. The smallest absolute Gasteiger partial charge is 0.0598 e. The van der Waals surface area contributed by atoms with Crippen LogP contribution in [0.1, 0.15) is 38.2 Å². The van der Waals surface area contributed by atoms with Crippen molar-refractivity contribution in [3.63, 3.8) is 0 Å². The molecule has 0 radical (unpaired) electrons. The van der Waals surface area contributed by atoms with Gasteiger partial charge in [-0.3, -0.25) is 4.98 Å². The predicted octanol–water partition coefficient (Wildman–Crippen LogP) is 2.57. The molecule has 0 aliphatic heterocycles. The molecule has 1 aromatic heterocycles. The van der Waals surface area contributed by atoms with Crippen molar-refractivity contribution in [2.24, 2.45) is 0 Å². The van der Waals surface area contributed by atoms with Gasteiger partial charge in [-0.15, -0.1) is 0 Å². The molecule has 1 fully saturated rings. The number of anilines is 1. The first-order chi connectivity index (χ1) is 8.33. The van der Waals surface area contributed by atoms with Crippen molar-refractivity contribution in [1.29, 1.82) is 0 Å². The number of nitrogens with one attached hydrogen (secondary N) is 1. The zero-order valence-electron chi connectivity index (χ0n) is 10.9. The fourth-order valence-corrected chi connectivity index (χ4v) is 2.25. The number of hydrogen-bond donors (Lipinski definition) is 1. The quantitative estimate of drug-likeness (QED) is 0.765. The van der Waals surface area contributed by atoms with Gasteiger partial charge in [0.25, 0.3) is 0 Å². The molecule has 0 atom stereocenters. The monoisotopic (exact) mass is 233 g/mol. The van der Waals surface area contributed by atoms with E-state index in [4.69, 9.17) is 0 Å². The van der Waals surface area contributed by atoms with Crippen molar-refractivity contribution < 1.29 is 0 Å². The van der Waals surface area contributed by atoms with Crippen molar-refractivity contribution in [2.45, 2.75) is 45.2 Å². The van der Waals surface area contributed by atoms with Crippen LogP contribution in [0.5, 0.6) is 0 Å². The summed E-state index contributed by atoms with van der Waals surface area (Å²) < 4.78 is 0. The fraction of sp³-hybridized carbons (Fsp3) is 0.643. The second-order valence-corrected chi connectivity index (χ2v) is 4.88. The lowest BCUT2D eigenvalue weighted by Crippen LogP contribution is -2.38. The van der Waals surface area contributed by atoms with Crippen molar-refractivity contribution in [3.05, 3.63) is 24.0 Å². The van der Waals surface area contributed by atoms with Gasteiger partial charge >= 0.3 is 0 Å². The van der Waals surface area contributed by atoms with E-state index in [1.807, 2.05) is 12.4 Å². The Bertz CT molecular complexity index is 347. The first-order valence-corrected chi connectivity index (χ1v) is 6.69. The Hall–Kier alpha value is -1.09. The van der Waals surface area contributed by atoms with Gasteiger partial charge in [-0.05, 0) is 43.9 Å². The molecular formula is C14H23N3. The average Bonchev–Trinajstić information content (AvgIpc) is 2.27. The molecule has 2 rings (SSSR count). The van der Waals surface area contributed by atoms with Crippen LogP contribution in [0.15, 0.2) is 18.5 Å². The van der Waals surface area contributed by atoms with Crippen molar-refractivity contribution in [1.82, 2.24) is 10.3 Å². The van der Waals surface area contributed by atoms with E-state index in [0.29, 0.717) is 0 Å². The van der Waals surface area contributed by atoms with Gasteiger partial charge < -0.3 is 10.2 Å². The molecule has 1 N–H and O–H groups in total. The van der Waals surface area contributed by atoms with Crippen molar-refractivity contribution in [2.75, 3.05) is 18.5 Å². The molecule has 1 saturated carbocycles. The van der Waals surface area contributed by atoms with Gasteiger partial charge in [0.15, 0.2) is 0 Å². The second-order valence-electron chi connectivity index (χ2n) is 4.88. The zero-order chi connectivity index (χ0) is 12.1. The van der Waals surface area contributed by atoms with Crippen LogP contribution in [0.25, 0.3) is 0 Å². The van der Waals surface area contributed by atoms with Gasteiger partial charge in [-0.25, -0.2) is 0 Å². The van der Waals surface area contributed by atoms with Gasteiger partial charge in [0.1, 0.15) is 0 Å². The SMILES string of the molecule is CCCNCc1ccncc1N(C)C1CCC1. The molecule has 94 valence electrons. The maximum Gasteiger partial charge on any atom is 0.0598 e. The van der Waals surface area contributed by atoms with Gasteiger partial charge in [0, 0.05) is 25.8 Å². The molecule has 1 aliphatic carbocycles. The van der Waals surface area contributed by atoms with Gasteiger partial charge in [-0.2, -0.15) is 0 Å². The van der Waals surface area contributed by atoms with Gasteiger partial charge in [0.2, 0.25) is 0 Å². The normalized spacial score (nSPS) is 15.6. The molecule has 3 heteroatoms. The minimum absolute atomic E-state index is 0.726. The summed E-state index contributed by atoms with van der Waals surface area (Å²) in [6.45, 7) is 4.22. The third-order valence-corrected chi connectivity index (χ3v) is 3.63. The molecule has 3 nitrogen and oxygen atoms in total. The minimum Gasteiger partial charge on any atom is -0.370 e. The van der Waals surface area contributed by atoms with E-state index in [1.54, 1.807) is 0 Å². The molecule has 0 spiro atoms. The Morgan fingerprint density at radius 2 is 2.29 bits per heavy atom. The Morgan fingerprint density at radius 1 is 1.47 bits per heavy atom. The Kier molecular flexibility index (Phi) is 4.37. The number of pyridine rings is 1. The van der Waals surface area contributed by atoms with Crippen LogP contribution < -0.4 is 10.2 Å². The summed E-state index contributed by atoms with van der Waals surface area (Å²) in [6, 6.07) is 2.86. The molecular weight excluding hydrogens is 210 g/mol. The highest BCUT2D eigenvalue weighted by Gasteiger charge is 2.23. The van der Waals surface area contributed by atoms with E-state index in [1.165, 1.54) is 36.9 Å². The van der Waals surface area contributed by atoms with Crippen LogP contribution >= 0.6 is 0 Å². The van der Waals surface area contributed by atoms with E-state index in [-0.39, 0.29) is 0 Å². The lowest BCUT2D eigenvalue weighted by molar-refractivity contribution is 0.400. The zero-order valence-corrected chi connectivity index (χ0v) is 10.9. The molecule has 17 heavy (non-hydrogen) atoms. The third kappa shape index (κ3) is 2.97. The maximum absolute atomic E-state index is 4.27. The fourth-order valence-electron chi connectivity index (χ4n) is 2.25. The molecule has 0 amide bonds. The summed E-state index contributed by atoms with van der Waals surface area (Å²) in [4.78, 5) is 6.67. The van der Waals surface area contributed by atoms with Crippen LogP contribution in [-0.4, -0.2) is 24.6 Å². The Morgan fingerprint density at radius 3 is 2.94 bits per heavy atom. The minimum atomic E-state index is 0.726. The summed E-state index contributed by atoms with van der Waals surface area (Å²) in [5.74, 6) is 0. The highest BCUT2D eigenvalue weighted by atomic mass is 15.1. The third-order valence-electron chi connectivity index (χ3n) is 3.63. The molecule has 0 unspecified atom stereocenters. The Balaban J connectivity index is 2.03. The van der Waals surface area contributed by atoms with Crippen LogP contribution in [0.2, 0.25) is 0 Å². The van der Waals surface area contributed by atoms with Crippen molar-refractivity contribution in [3.8, 4) is 0 Å². The van der Waals surface area contributed by atoms with Crippen molar-refractivity contribution >= 4 is 5.69 Å². The molecule has 0 bridgehead atoms. The van der Waals surface area contributed by atoms with E-state index in [2.05, 4.69) is 35.2 Å². The summed E-state index contributed by atoms with van der Waals surface area (Å²) in [5.41, 5.74) is 2.66. The number of aromatic nitrogens is 1. The molecule has 1 aromatic rings. The summed E-state index contributed by atoms with van der Waals surface area (Å²) in [6.07, 6.45) is 9.10. The maximum atomic E-state index is 4.27. The van der Waals surface area contributed by atoms with E-state index < -0.39 is 0 Å². The molecule has 0 aromatic carbocycles. The first-order valence-electron chi connectivity index (χ1n) is 6.69. The van der Waals surface area contributed by atoms with E-state index in [0.717, 1.165) is 19.1 Å². The van der Waals surface area contributed by atoms with E-state index >= 15 is 0 Å². The topological polar surface area (TPSA) is 28.2 Å². The van der Waals surface area contributed by atoms with Crippen LogP contribution in [0.3, 0.4) is 0 Å². The van der Waals surface area contributed by atoms with Gasteiger partial charge in [0.05, 0.1) is 11.9 Å². The highest BCUT2D eigenvalue weighted by Crippen LogP contribution is 2.29. The predicted molar refractivity (Wildman–Crippen MR) is 72.3 cm³/mol. The Labute approximate surface area is 104 Å². The summed E-state index contributed by atoms with van der Waals surface area (Å²) >= 11 is 0. The summed E-state index contributed by atoms with van der Waals surface area (Å²) in [7, 11) is 2.20. The molecule has 1 aliphatic rings. The lowest BCUT2D eigenvalue weighted by Gasteiger charge is -2.37. The number of hydrogen-bond acceptors (Lipinski definition) is 3. The van der Waals surface area contributed by atoms with E-state index in [9.17, 15) is 0 Å². The number of rotatable bonds is 6. The number of nitrogens with zero attached hydrogens (tertiary/aromatic N) is 2. The average molecular weight is 233 g/mol. The highest BCUT2D eigenvalue weighted by molar-refractivity contribution is 5.52. The van der Waals surface area contributed by atoms with Crippen LogP contribution in [0.4, 0.5) is 5.69 Å². The van der Waals surface area contributed by atoms with Crippen LogP contribution in [0, 0.1) is 0 Å². The standard InChI is InChI=1S/C14H23N3/c1-3-8-15-10-12-7-9-16-11-14(12)17(2)13-5-4-6-13/h7,9,11,13,15H,3-6,8,10H2,1-2H3. The summed E-state index contributed by atoms with van der Waals surface area (Å²) in [5, 5.41) is 3.47.